The van der Waals surface area contributed by atoms with E-state index in [4.69, 9.17) is 10.2 Å². The molecule has 1 aliphatic rings. The third kappa shape index (κ3) is 3.96. The molecular formula is C13H17N3O6S. The first kappa shape index (κ1) is 17.2. The van der Waals surface area contributed by atoms with Crippen molar-refractivity contribution >= 4 is 27.4 Å². The fraction of sp³-hybridized carbons (Fsp3) is 0.462. The number of nitrogens with two attached hydrogens (primary N) is 1. The van der Waals surface area contributed by atoms with Crippen LogP contribution in [-0.4, -0.2) is 30.5 Å². The zero-order valence-electron chi connectivity index (χ0n) is 12.2. The molecule has 9 nitrogen and oxygen atoms in total. The number of carbonyl (C=O) groups is 1. The Hall–Kier alpha value is -2.20. The second-order valence-electron chi connectivity index (χ2n) is 5.46. The average molecular weight is 343 g/mol. The molecule has 0 heterocycles. The number of nitro benzene ring substituents is 1. The largest absolute Gasteiger partial charge is 0.478 e. The number of rotatable bonds is 5. The Kier molecular flexibility index (Phi) is 4.85. The fourth-order valence-corrected chi connectivity index (χ4v) is 3.43. The van der Waals surface area contributed by atoms with Crippen LogP contribution in [0.4, 0.5) is 11.4 Å². The summed E-state index contributed by atoms with van der Waals surface area (Å²) in [5.74, 6) is -1.47. The molecule has 4 N–H and O–H groups in total. The number of hydrogen-bond acceptors (Lipinski definition) is 6. The zero-order chi connectivity index (χ0) is 17.2. The van der Waals surface area contributed by atoms with Gasteiger partial charge in [0.1, 0.15) is 10.6 Å². The van der Waals surface area contributed by atoms with Gasteiger partial charge >= 0.3 is 5.97 Å². The number of benzene rings is 1. The van der Waals surface area contributed by atoms with E-state index in [1.54, 1.807) is 0 Å². The second kappa shape index (κ2) is 6.50. The minimum absolute atomic E-state index is 0.112. The van der Waals surface area contributed by atoms with Gasteiger partial charge in [-0.15, -0.1) is 0 Å². The lowest BCUT2D eigenvalue weighted by Gasteiger charge is -2.24. The van der Waals surface area contributed by atoms with Gasteiger partial charge in [0.05, 0.1) is 10.5 Å². The molecule has 0 saturated heterocycles. The van der Waals surface area contributed by atoms with E-state index in [0.717, 1.165) is 44.2 Å². The third-order valence-electron chi connectivity index (χ3n) is 3.79. The van der Waals surface area contributed by atoms with Crippen molar-refractivity contribution in [2.45, 2.75) is 43.0 Å². The highest BCUT2D eigenvalue weighted by molar-refractivity contribution is 7.89. The molecule has 0 unspecified atom stereocenters. The van der Waals surface area contributed by atoms with Crippen molar-refractivity contribution in [2.24, 2.45) is 5.14 Å². The van der Waals surface area contributed by atoms with Gasteiger partial charge in [0.2, 0.25) is 10.0 Å². The minimum Gasteiger partial charge on any atom is -0.478 e. The summed E-state index contributed by atoms with van der Waals surface area (Å²) in [6.45, 7) is 0. The number of carboxylic acids is 1. The van der Waals surface area contributed by atoms with Crippen LogP contribution in [-0.2, 0) is 10.0 Å². The Bertz CT molecular complexity index is 740. The van der Waals surface area contributed by atoms with Gasteiger partial charge < -0.3 is 10.4 Å². The minimum atomic E-state index is -4.33. The lowest BCUT2D eigenvalue weighted by atomic mass is 9.95. The highest BCUT2D eigenvalue weighted by Gasteiger charge is 2.29. The average Bonchev–Trinajstić information content (AvgIpc) is 2.46. The van der Waals surface area contributed by atoms with Gasteiger partial charge in [-0.25, -0.2) is 18.4 Å². The van der Waals surface area contributed by atoms with Crippen LogP contribution in [0.2, 0.25) is 0 Å². The highest BCUT2D eigenvalue weighted by atomic mass is 32.2. The van der Waals surface area contributed by atoms with Gasteiger partial charge in [-0.1, -0.05) is 19.3 Å². The molecule has 1 fully saturated rings. The van der Waals surface area contributed by atoms with E-state index < -0.39 is 37.1 Å². The van der Waals surface area contributed by atoms with Gasteiger partial charge in [0, 0.05) is 12.1 Å². The summed E-state index contributed by atoms with van der Waals surface area (Å²) >= 11 is 0. The molecule has 0 amide bonds. The monoisotopic (exact) mass is 343 g/mol. The number of carboxylic acid groups (broad SMARTS) is 1. The van der Waals surface area contributed by atoms with Crippen LogP contribution in [0.1, 0.15) is 42.5 Å². The fourth-order valence-electron chi connectivity index (χ4n) is 2.69. The topological polar surface area (TPSA) is 153 Å². The van der Waals surface area contributed by atoms with Crippen LogP contribution in [0.5, 0.6) is 0 Å². The Morgan fingerprint density at radius 1 is 1.30 bits per heavy atom. The summed E-state index contributed by atoms with van der Waals surface area (Å²) in [5.41, 5.74) is -1.36. The summed E-state index contributed by atoms with van der Waals surface area (Å²) in [7, 11) is -4.33. The first-order chi connectivity index (χ1) is 10.7. The summed E-state index contributed by atoms with van der Waals surface area (Å²) in [5, 5.41) is 28.3. The smallest absolute Gasteiger partial charge is 0.335 e. The molecule has 126 valence electrons. The van der Waals surface area contributed by atoms with Crippen molar-refractivity contribution in [3.05, 3.63) is 27.8 Å². The normalized spacial score (nSPS) is 16.0. The van der Waals surface area contributed by atoms with Gasteiger partial charge in [0.25, 0.3) is 5.69 Å². The lowest BCUT2D eigenvalue weighted by molar-refractivity contribution is -0.384. The Balaban J connectivity index is 2.60. The molecule has 0 spiro atoms. The number of nitro groups is 1. The van der Waals surface area contributed by atoms with Gasteiger partial charge in [-0.2, -0.15) is 0 Å². The molecule has 0 aliphatic heterocycles. The quantitative estimate of drug-likeness (QED) is 0.543. The molecule has 1 aromatic rings. The Morgan fingerprint density at radius 2 is 1.91 bits per heavy atom. The number of hydrogen-bond donors (Lipinski definition) is 3. The summed E-state index contributed by atoms with van der Waals surface area (Å²) in [6, 6.07) is 1.57. The molecule has 0 atom stereocenters. The molecule has 0 bridgehead atoms. The van der Waals surface area contributed by atoms with Gasteiger partial charge in [-0.3, -0.25) is 10.1 Å². The van der Waals surface area contributed by atoms with E-state index >= 15 is 0 Å². The maximum atomic E-state index is 11.8. The third-order valence-corrected chi connectivity index (χ3v) is 4.72. The molecule has 10 heteroatoms. The number of nitrogens with zero attached hydrogens (tertiary/aromatic N) is 1. The highest BCUT2D eigenvalue weighted by Crippen LogP contribution is 2.35. The van der Waals surface area contributed by atoms with Crippen LogP contribution >= 0.6 is 0 Å². The number of sulfonamides is 1. The number of aromatic carboxylic acids is 1. The molecule has 1 aliphatic carbocycles. The maximum Gasteiger partial charge on any atom is 0.335 e. The Morgan fingerprint density at radius 3 is 2.39 bits per heavy atom. The van der Waals surface area contributed by atoms with Crippen LogP contribution in [0, 0.1) is 10.1 Å². The zero-order valence-corrected chi connectivity index (χ0v) is 13.0. The van der Waals surface area contributed by atoms with Crippen molar-refractivity contribution < 1.29 is 23.2 Å². The summed E-state index contributed by atoms with van der Waals surface area (Å²) in [6.07, 6.45) is 4.43. The van der Waals surface area contributed by atoms with Crippen LogP contribution in [0.3, 0.4) is 0 Å². The predicted molar refractivity (Wildman–Crippen MR) is 81.9 cm³/mol. The molecule has 2 rings (SSSR count). The first-order valence-electron chi connectivity index (χ1n) is 7.05. The van der Waals surface area contributed by atoms with Crippen molar-refractivity contribution in [1.29, 1.82) is 0 Å². The SMILES string of the molecule is NS(=O)(=O)c1cc(C(=O)O)cc([N+](=O)[O-])c1NC1CCCCC1. The lowest BCUT2D eigenvalue weighted by Crippen LogP contribution is -2.25. The van der Waals surface area contributed by atoms with Crippen molar-refractivity contribution in [3.8, 4) is 0 Å². The van der Waals surface area contributed by atoms with Crippen LogP contribution < -0.4 is 10.5 Å². The van der Waals surface area contributed by atoms with E-state index in [0.29, 0.717) is 0 Å². The summed E-state index contributed by atoms with van der Waals surface area (Å²) in [4.78, 5) is 20.9. The molecule has 0 radical (unpaired) electrons. The predicted octanol–water partition coefficient (Wildman–Crippen LogP) is 1.69. The Labute approximate surface area is 132 Å². The van der Waals surface area contributed by atoms with Crippen molar-refractivity contribution in [3.63, 3.8) is 0 Å². The van der Waals surface area contributed by atoms with E-state index in [1.807, 2.05) is 0 Å². The second-order valence-corrected chi connectivity index (χ2v) is 6.98. The molecular weight excluding hydrogens is 326 g/mol. The van der Waals surface area contributed by atoms with Crippen molar-refractivity contribution in [1.82, 2.24) is 0 Å². The van der Waals surface area contributed by atoms with Gasteiger partial charge in [0.15, 0.2) is 0 Å². The molecule has 1 saturated carbocycles. The number of primary sulfonamides is 1. The molecule has 0 aromatic heterocycles. The van der Waals surface area contributed by atoms with E-state index in [1.165, 1.54) is 0 Å². The van der Waals surface area contributed by atoms with Crippen molar-refractivity contribution in [2.75, 3.05) is 5.32 Å². The van der Waals surface area contributed by atoms with E-state index in [2.05, 4.69) is 5.32 Å². The van der Waals surface area contributed by atoms with E-state index in [9.17, 15) is 23.3 Å². The standard InChI is InChI=1S/C13H17N3O6S/c14-23(21,22)11-7-8(13(17)18)6-10(16(19)20)12(11)15-9-4-2-1-3-5-9/h6-7,9,15H,1-5H2,(H,17,18)(H2,14,21,22). The van der Waals surface area contributed by atoms with Crippen LogP contribution in [0.15, 0.2) is 17.0 Å². The van der Waals surface area contributed by atoms with Gasteiger partial charge in [-0.05, 0) is 18.9 Å². The van der Waals surface area contributed by atoms with Crippen LogP contribution in [0.25, 0.3) is 0 Å². The molecule has 23 heavy (non-hydrogen) atoms. The molecule has 1 aromatic carbocycles. The summed E-state index contributed by atoms with van der Waals surface area (Å²) < 4.78 is 23.5. The first-order valence-corrected chi connectivity index (χ1v) is 8.60. The number of anilines is 1. The number of nitrogens with one attached hydrogen (secondary N) is 1. The maximum absolute atomic E-state index is 11.8. The van der Waals surface area contributed by atoms with E-state index in [-0.39, 0.29) is 11.7 Å².